The number of amides is 1. The van der Waals surface area contributed by atoms with Crippen molar-refractivity contribution in [3.63, 3.8) is 0 Å². The van der Waals surface area contributed by atoms with Gasteiger partial charge >= 0.3 is 5.97 Å². The molecular weight excluding hydrogens is 346 g/mol. The highest BCUT2D eigenvalue weighted by atomic mass is 35.5. The molecule has 0 heterocycles. The number of esters is 1. The first-order valence-corrected chi connectivity index (χ1v) is 8.20. The molecule has 0 aliphatic heterocycles. The number of halogens is 1. The lowest BCUT2D eigenvalue weighted by molar-refractivity contribution is -0.144. The molecule has 0 spiro atoms. The number of ether oxygens (including phenoxy) is 3. The molecule has 1 amide bonds. The van der Waals surface area contributed by atoms with E-state index in [0.29, 0.717) is 28.7 Å². The Morgan fingerprint density at radius 1 is 1.28 bits per heavy atom. The van der Waals surface area contributed by atoms with Crippen LogP contribution < -0.4 is 14.8 Å². The Morgan fingerprint density at radius 3 is 2.52 bits per heavy atom. The lowest BCUT2D eigenvalue weighted by Crippen LogP contribution is -2.42. The average Bonchev–Trinajstić information content (AvgIpc) is 2.51. The van der Waals surface area contributed by atoms with E-state index in [1.807, 2.05) is 27.7 Å². The largest absolute Gasteiger partial charge is 0.493 e. The molecule has 6 nitrogen and oxygen atoms in total. The second-order valence-corrected chi connectivity index (χ2v) is 6.61. The van der Waals surface area contributed by atoms with Gasteiger partial charge in [0.2, 0.25) is 0 Å². The smallest absolute Gasteiger partial charge is 0.331 e. The van der Waals surface area contributed by atoms with Crippen molar-refractivity contribution in [1.29, 1.82) is 0 Å². The number of carbonyl (C=O) groups is 2. The average molecular weight is 370 g/mol. The molecule has 25 heavy (non-hydrogen) atoms. The first-order chi connectivity index (χ1) is 11.7. The SMILES string of the molecule is CCOc1c(Cl)cc(/C=C/C(=O)OCC(=O)NC(C)(C)C)cc1OC. The van der Waals surface area contributed by atoms with E-state index in [2.05, 4.69) is 5.32 Å². The Bertz CT molecular complexity index is 650. The maximum Gasteiger partial charge on any atom is 0.331 e. The maximum atomic E-state index is 11.7. The quantitative estimate of drug-likeness (QED) is 0.590. The van der Waals surface area contributed by atoms with Crippen molar-refractivity contribution < 1.29 is 23.8 Å². The van der Waals surface area contributed by atoms with Gasteiger partial charge in [0.15, 0.2) is 18.1 Å². The molecule has 1 aromatic rings. The number of methoxy groups -OCH3 is 1. The van der Waals surface area contributed by atoms with Gasteiger partial charge in [-0.2, -0.15) is 0 Å². The monoisotopic (exact) mass is 369 g/mol. The summed E-state index contributed by atoms with van der Waals surface area (Å²) in [5, 5.41) is 3.07. The molecule has 0 radical (unpaired) electrons. The molecule has 0 saturated carbocycles. The Hall–Kier alpha value is -2.21. The molecule has 7 heteroatoms. The van der Waals surface area contributed by atoms with Crippen LogP contribution in [0.15, 0.2) is 18.2 Å². The summed E-state index contributed by atoms with van der Waals surface area (Å²) in [5.41, 5.74) is 0.260. The Labute approximate surface area is 153 Å². The molecular formula is C18H24ClNO5. The molecule has 0 fully saturated rings. The Balaban J connectivity index is 2.70. The van der Waals surface area contributed by atoms with Crippen molar-refractivity contribution in [3.8, 4) is 11.5 Å². The summed E-state index contributed by atoms with van der Waals surface area (Å²) in [7, 11) is 1.50. The standard InChI is InChI=1S/C18H24ClNO5/c1-6-24-17-13(19)9-12(10-14(17)23-5)7-8-16(22)25-11-15(21)20-18(2,3)4/h7-10H,6,11H2,1-5H3,(H,20,21)/b8-7+. The van der Waals surface area contributed by atoms with E-state index in [4.69, 9.17) is 25.8 Å². The molecule has 0 saturated heterocycles. The second-order valence-electron chi connectivity index (χ2n) is 6.21. The highest BCUT2D eigenvalue weighted by Gasteiger charge is 2.15. The van der Waals surface area contributed by atoms with Gasteiger partial charge in [-0.15, -0.1) is 0 Å². The summed E-state index contributed by atoms with van der Waals surface area (Å²) in [6.07, 6.45) is 2.74. The van der Waals surface area contributed by atoms with E-state index in [-0.39, 0.29) is 18.1 Å². The summed E-state index contributed by atoms with van der Waals surface area (Å²) < 4.78 is 15.6. The number of carbonyl (C=O) groups excluding carboxylic acids is 2. The van der Waals surface area contributed by atoms with E-state index in [0.717, 1.165) is 0 Å². The summed E-state index contributed by atoms with van der Waals surface area (Å²) in [6.45, 7) is 7.48. The molecule has 0 unspecified atom stereocenters. The van der Waals surface area contributed by atoms with Crippen LogP contribution in [0.1, 0.15) is 33.3 Å². The van der Waals surface area contributed by atoms with Gasteiger partial charge in [0.25, 0.3) is 5.91 Å². The van der Waals surface area contributed by atoms with Crippen LogP contribution in [0.5, 0.6) is 11.5 Å². The van der Waals surface area contributed by atoms with E-state index in [1.165, 1.54) is 19.3 Å². The summed E-state index contributed by atoms with van der Waals surface area (Å²) in [5.74, 6) is -0.0785. The zero-order valence-electron chi connectivity index (χ0n) is 15.1. The van der Waals surface area contributed by atoms with Crippen LogP contribution in [0.25, 0.3) is 6.08 Å². The van der Waals surface area contributed by atoms with Crippen LogP contribution in [0.3, 0.4) is 0 Å². The topological polar surface area (TPSA) is 73.9 Å². The second kappa shape index (κ2) is 9.32. The molecule has 0 bridgehead atoms. The molecule has 0 aliphatic rings. The Kier molecular flexibility index (Phi) is 7.77. The van der Waals surface area contributed by atoms with E-state index in [1.54, 1.807) is 12.1 Å². The van der Waals surface area contributed by atoms with Crippen LogP contribution in [0.4, 0.5) is 0 Å². The lowest BCUT2D eigenvalue weighted by Gasteiger charge is -2.20. The van der Waals surface area contributed by atoms with Crippen LogP contribution in [-0.4, -0.2) is 37.7 Å². The maximum absolute atomic E-state index is 11.7. The zero-order chi connectivity index (χ0) is 19.0. The normalized spacial score (nSPS) is 11.3. The first-order valence-electron chi connectivity index (χ1n) is 7.82. The number of benzene rings is 1. The summed E-state index contributed by atoms with van der Waals surface area (Å²) in [4.78, 5) is 23.3. The van der Waals surface area contributed by atoms with Gasteiger partial charge in [-0.3, -0.25) is 4.79 Å². The third-order valence-corrected chi connectivity index (χ3v) is 3.09. The van der Waals surface area contributed by atoms with E-state index < -0.39 is 5.97 Å². The van der Waals surface area contributed by atoms with Crippen molar-refractivity contribution in [1.82, 2.24) is 5.32 Å². The highest BCUT2D eigenvalue weighted by molar-refractivity contribution is 6.32. The molecule has 1 rings (SSSR count). The van der Waals surface area contributed by atoms with E-state index >= 15 is 0 Å². The van der Waals surface area contributed by atoms with Gasteiger partial charge in [-0.25, -0.2) is 4.79 Å². The minimum absolute atomic E-state index is 0.339. The number of hydrogen-bond acceptors (Lipinski definition) is 5. The number of hydrogen-bond donors (Lipinski definition) is 1. The Morgan fingerprint density at radius 2 is 1.96 bits per heavy atom. The third-order valence-electron chi connectivity index (χ3n) is 2.81. The molecule has 0 atom stereocenters. The van der Waals surface area contributed by atoms with Crippen LogP contribution in [-0.2, 0) is 14.3 Å². The molecule has 0 aliphatic carbocycles. The van der Waals surface area contributed by atoms with Crippen molar-refractivity contribution in [3.05, 3.63) is 28.8 Å². The van der Waals surface area contributed by atoms with Crippen molar-refractivity contribution in [2.75, 3.05) is 20.3 Å². The van der Waals surface area contributed by atoms with Crippen molar-refractivity contribution in [2.24, 2.45) is 0 Å². The molecule has 1 aromatic carbocycles. The van der Waals surface area contributed by atoms with Gasteiger partial charge in [0, 0.05) is 11.6 Å². The van der Waals surface area contributed by atoms with E-state index in [9.17, 15) is 9.59 Å². The zero-order valence-corrected chi connectivity index (χ0v) is 15.9. The highest BCUT2D eigenvalue weighted by Crippen LogP contribution is 2.36. The fraction of sp³-hybridized carbons (Fsp3) is 0.444. The van der Waals surface area contributed by atoms with Gasteiger partial charge in [-0.05, 0) is 51.5 Å². The van der Waals surface area contributed by atoms with Gasteiger partial charge < -0.3 is 19.5 Å². The van der Waals surface area contributed by atoms with Crippen LogP contribution in [0, 0.1) is 0 Å². The summed E-state index contributed by atoms with van der Waals surface area (Å²) >= 11 is 6.16. The fourth-order valence-corrected chi connectivity index (χ4v) is 2.20. The molecule has 138 valence electrons. The van der Waals surface area contributed by atoms with Crippen LogP contribution in [0.2, 0.25) is 5.02 Å². The van der Waals surface area contributed by atoms with Gasteiger partial charge in [0.1, 0.15) is 0 Å². The minimum Gasteiger partial charge on any atom is -0.493 e. The lowest BCUT2D eigenvalue weighted by atomic mass is 10.1. The van der Waals surface area contributed by atoms with Crippen LogP contribution >= 0.6 is 11.6 Å². The predicted octanol–water partition coefficient (Wildman–Crippen LogP) is 3.22. The minimum atomic E-state index is -0.631. The number of nitrogens with one attached hydrogen (secondary N) is 1. The number of rotatable bonds is 7. The first kappa shape index (κ1) is 20.8. The van der Waals surface area contributed by atoms with Gasteiger partial charge in [0.05, 0.1) is 18.7 Å². The molecule has 1 N–H and O–H groups in total. The molecule has 0 aromatic heterocycles. The predicted molar refractivity (Wildman–Crippen MR) is 97.1 cm³/mol. The summed E-state index contributed by atoms with van der Waals surface area (Å²) in [6, 6.07) is 3.33. The van der Waals surface area contributed by atoms with Gasteiger partial charge in [-0.1, -0.05) is 11.6 Å². The van der Waals surface area contributed by atoms with Crippen molar-refractivity contribution >= 4 is 29.6 Å². The fourth-order valence-electron chi connectivity index (χ4n) is 1.92. The third kappa shape index (κ3) is 7.47. The van der Waals surface area contributed by atoms with Crippen molar-refractivity contribution in [2.45, 2.75) is 33.2 Å².